The van der Waals surface area contributed by atoms with E-state index in [4.69, 9.17) is 4.74 Å². The second kappa shape index (κ2) is 6.82. The predicted molar refractivity (Wildman–Crippen MR) is 76.7 cm³/mol. The van der Waals surface area contributed by atoms with E-state index < -0.39 is 0 Å². The normalized spacial score (nSPS) is 10.6. The number of nitrogens with one attached hydrogen (secondary N) is 1. The lowest BCUT2D eigenvalue weighted by atomic mass is 10.2. The first-order valence-electron chi connectivity index (χ1n) is 5.78. The Morgan fingerprint density at radius 3 is 2.76 bits per heavy atom. The highest BCUT2D eigenvalue weighted by atomic mass is 79.9. The Morgan fingerprint density at radius 1 is 1.47 bits per heavy atom. The van der Waals surface area contributed by atoms with Crippen LogP contribution in [0.1, 0.15) is 19.4 Å². The minimum Gasteiger partial charge on any atom is -0.489 e. The highest BCUT2D eigenvalue weighted by molar-refractivity contribution is 9.10. The minimum absolute atomic E-state index is 0.473. The Hall–Kier alpha value is -0.800. The topological polar surface area (TPSA) is 21.3 Å². The highest BCUT2D eigenvalue weighted by Gasteiger charge is 2.02. The van der Waals surface area contributed by atoms with Crippen LogP contribution in [-0.2, 0) is 0 Å². The van der Waals surface area contributed by atoms with E-state index in [-0.39, 0.29) is 0 Å². The predicted octanol–water partition coefficient (Wildman–Crippen LogP) is 3.69. The molecular formula is C14H20BrNO. The summed E-state index contributed by atoms with van der Waals surface area (Å²) in [6.07, 6.45) is 0. The fraction of sp³-hybridized carbons (Fsp3) is 0.429. The third kappa shape index (κ3) is 5.37. The number of ether oxygens (including phenoxy) is 1. The maximum Gasteiger partial charge on any atom is 0.122 e. The summed E-state index contributed by atoms with van der Waals surface area (Å²) in [5, 5.41) is 3.32. The molecule has 1 rings (SSSR count). The molecule has 0 amide bonds. The van der Waals surface area contributed by atoms with Crippen molar-refractivity contribution in [3.63, 3.8) is 0 Å². The molecule has 0 radical (unpaired) electrons. The quantitative estimate of drug-likeness (QED) is 0.809. The molecule has 0 fully saturated rings. The molecule has 17 heavy (non-hydrogen) atoms. The maximum absolute atomic E-state index is 5.73. The molecule has 0 spiro atoms. The van der Waals surface area contributed by atoms with Crippen molar-refractivity contribution in [2.24, 2.45) is 0 Å². The molecule has 0 atom stereocenters. The van der Waals surface area contributed by atoms with Crippen LogP contribution in [0, 0.1) is 6.92 Å². The van der Waals surface area contributed by atoms with Gasteiger partial charge in [-0.15, -0.1) is 0 Å². The van der Waals surface area contributed by atoms with Gasteiger partial charge in [-0.1, -0.05) is 36.4 Å². The summed E-state index contributed by atoms with van der Waals surface area (Å²) >= 11 is 3.43. The lowest BCUT2D eigenvalue weighted by Crippen LogP contribution is -2.26. The SMILES string of the molecule is C=C(CNC(C)C)COc1ccc(Br)cc1C. The zero-order valence-corrected chi connectivity index (χ0v) is 12.3. The first kappa shape index (κ1) is 14.3. The van der Waals surface area contributed by atoms with Crippen LogP contribution in [0.4, 0.5) is 0 Å². The number of hydrogen-bond donors (Lipinski definition) is 1. The Kier molecular flexibility index (Phi) is 5.72. The summed E-state index contributed by atoms with van der Waals surface area (Å²) in [6.45, 7) is 11.6. The fourth-order valence-corrected chi connectivity index (χ4v) is 1.83. The lowest BCUT2D eigenvalue weighted by molar-refractivity contribution is 0.345. The van der Waals surface area contributed by atoms with Gasteiger partial charge in [-0.25, -0.2) is 0 Å². The van der Waals surface area contributed by atoms with Crippen molar-refractivity contribution in [3.8, 4) is 5.75 Å². The first-order chi connectivity index (χ1) is 7.99. The summed E-state index contributed by atoms with van der Waals surface area (Å²) in [5.41, 5.74) is 2.19. The molecule has 0 unspecified atom stereocenters. The van der Waals surface area contributed by atoms with Gasteiger partial charge in [-0.05, 0) is 36.3 Å². The second-order valence-corrected chi connectivity index (χ2v) is 5.40. The van der Waals surface area contributed by atoms with Gasteiger partial charge in [0.05, 0.1) is 0 Å². The molecule has 0 heterocycles. The molecule has 0 saturated carbocycles. The van der Waals surface area contributed by atoms with Crippen molar-refractivity contribution < 1.29 is 4.74 Å². The van der Waals surface area contributed by atoms with Crippen LogP contribution in [0.3, 0.4) is 0 Å². The minimum atomic E-state index is 0.473. The Balaban J connectivity index is 2.42. The summed E-state index contributed by atoms with van der Waals surface area (Å²) < 4.78 is 6.80. The van der Waals surface area contributed by atoms with Gasteiger partial charge in [-0.3, -0.25) is 0 Å². The highest BCUT2D eigenvalue weighted by Crippen LogP contribution is 2.22. The average Bonchev–Trinajstić information content (AvgIpc) is 2.25. The molecule has 1 N–H and O–H groups in total. The van der Waals surface area contributed by atoms with Gasteiger partial charge in [0.15, 0.2) is 0 Å². The van der Waals surface area contributed by atoms with Gasteiger partial charge >= 0.3 is 0 Å². The summed E-state index contributed by atoms with van der Waals surface area (Å²) in [4.78, 5) is 0. The van der Waals surface area contributed by atoms with Crippen molar-refractivity contribution >= 4 is 15.9 Å². The van der Waals surface area contributed by atoms with Crippen LogP contribution in [-0.4, -0.2) is 19.2 Å². The second-order valence-electron chi connectivity index (χ2n) is 4.48. The van der Waals surface area contributed by atoms with Crippen LogP contribution in [0.15, 0.2) is 34.8 Å². The van der Waals surface area contributed by atoms with Crippen LogP contribution < -0.4 is 10.1 Å². The third-order valence-electron chi connectivity index (χ3n) is 2.33. The van der Waals surface area contributed by atoms with E-state index in [9.17, 15) is 0 Å². The van der Waals surface area contributed by atoms with Gasteiger partial charge in [0.2, 0.25) is 0 Å². The Labute approximate surface area is 112 Å². The average molecular weight is 298 g/mol. The number of aryl methyl sites for hydroxylation is 1. The number of rotatable bonds is 6. The van der Waals surface area contributed by atoms with E-state index in [2.05, 4.69) is 41.7 Å². The molecule has 0 saturated heterocycles. The molecule has 0 bridgehead atoms. The molecule has 1 aromatic carbocycles. The van der Waals surface area contributed by atoms with E-state index in [1.807, 2.05) is 25.1 Å². The number of halogens is 1. The molecule has 0 aliphatic rings. The van der Waals surface area contributed by atoms with Crippen molar-refractivity contribution in [1.82, 2.24) is 5.32 Å². The molecule has 3 heteroatoms. The van der Waals surface area contributed by atoms with E-state index in [0.717, 1.165) is 27.9 Å². The summed E-state index contributed by atoms with van der Waals surface area (Å²) in [6, 6.07) is 6.48. The van der Waals surface area contributed by atoms with Crippen LogP contribution in [0.5, 0.6) is 5.75 Å². The molecule has 2 nitrogen and oxygen atoms in total. The molecular weight excluding hydrogens is 278 g/mol. The van der Waals surface area contributed by atoms with E-state index in [0.29, 0.717) is 12.6 Å². The zero-order valence-electron chi connectivity index (χ0n) is 10.7. The van der Waals surface area contributed by atoms with Crippen LogP contribution in [0.25, 0.3) is 0 Å². The van der Waals surface area contributed by atoms with Crippen molar-refractivity contribution in [3.05, 3.63) is 40.4 Å². The summed E-state index contributed by atoms with van der Waals surface area (Å²) in [7, 11) is 0. The largest absolute Gasteiger partial charge is 0.489 e. The van der Waals surface area contributed by atoms with Gasteiger partial charge in [0.1, 0.15) is 12.4 Å². The van der Waals surface area contributed by atoms with Crippen molar-refractivity contribution in [1.29, 1.82) is 0 Å². The molecule has 0 aromatic heterocycles. The monoisotopic (exact) mass is 297 g/mol. The molecule has 1 aromatic rings. The van der Waals surface area contributed by atoms with Gasteiger partial charge in [-0.2, -0.15) is 0 Å². The lowest BCUT2D eigenvalue weighted by Gasteiger charge is -2.13. The van der Waals surface area contributed by atoms with Crippen LogP contribution in [0.2, 0.25) is 0 Å². The summed E-state index contributed by atoms with van der Waals surface area (Å²) in [5.74, 6) is 0.916. The van der Waals surface area contributed by atoms with Crippen molar-refractivity contribution in [2.75, 3.05) is 13.2 Å². The fourth-order valence-electron chi connectivity index (χ4n) is 1.35. The van der Waals surface area contributed by atoms with E-state index >= 15 is 0 Å². The van der Waals surface area contributed by atoms with E-state index in [1.54, 1.807) is 0 Å². The molecule has 0 aliphatic heterocycles. The Morgan fingerprint density at radius 2 is 2.18 bits per heavy atom. The maximum atomic E-state index is 5.73. The molecule has 0 aliphatic carbocycles. The number of benzene rings is 1. The standard InChI is InChI=1S/C14H20BrNO/c1-10(2)16-8-11(3)9-17-14-6-5-13(15)7-12(14)4/h5-7,10,16H,3,8-9H2,1-2,4H3. The smallest absolute Gasteiger partial charge is 0.122 e. The number of hydrogen-bond acceptors (Lipinski definition) is 2. The zero-order chi connectivity index (χ0) is 12.8. The van der Waals surface area contributed by atoms with E-state index in [1.165, 1.54) is 0 Å². The van der Waals surface area contributed by atoms with Gasteiger partial charge < -0.3 is 10.1 Å². The third-order valence-corrected chi connectivity index (χ3v) is 2.82. The first-order valence-corrected chi connectivity index (χ1v) is 6.57. The van der Waals surface area contributed by atoms with Gasteiger partial charge in [0.25, 0.3) is 0 Å². The van der Waals surface area contributed by atoms with Crippen LogP contribution >= 0.6 is 15.9 Å². The van der Waals surface area contributed by atoms with Gasteiger partial charge in [0, 0.05) is 17.1 Å². The Bertz CT molecular complexity index is 388. The molecule has 94 valence electrons. The van der Waals surface area contributed by atoms with Crippen molar-refractivity contribution in [2.45, 2.75) is 26.8 Å².